The Labute approximate surface area is 215 Å². The van der Waals surface area contributed by atoms with Gasteiger partial charge in [-0.25, -0.2) is 33.7 Å². The van der Waals surface area contributed by atoms with E-state index in [9.17, 15) is 12.8 Å². The molecule has 6 rings (SSSR count). The molecular formula is C24H21F2N9O2S. The molecule has 0 amide bonds. The second-order valence-corrected chi connectivity index (χ2v) is 10.7. The van der Waals surface area contributed by atoms with Crippen molar-refractivity contribution in [3.63, 3.8) is 0 Å². The maximum absolute atomic E-state index is 15.5. The maximum atomic E-state index is 15.5. The largest absolute Gasteiger partial charge is 0.333 e. The van der Waals surface area contributed by atoms with Crippen molar-refractivity contribution in [1.29, 1.82) is 0 Å². The lowest BCUT2D eigenvalue weighted by atomic mass is 10.2. The van der Waals surface area contributed by atoms with Crippen molar-refractivity contribution in [2.75, 3.05) is 23.1 Å². The maximum Gasteiger partial charge on any atom is 0.301 e. The smallest absolute Gasteiger partial charge is 0.301 e. The first-order valence-electron chi connectivity index (χ1n) is 11.7. The van der Waals surface area contributed by atoms with Gasteiger partial charge >= 0.3 is 10.2 Å². The van der Waals surface area contributed by atoms with Gasteiger partial charge in [0.2, 0.25) is 5.95 Å². The molecule has 3 aromatic heterocycles. The number of halogens is 2. The number of hydrogen-bond donors (Lipinski definition) is 2. The highest BCUT2D eigenvalue weighted by Gasteiger charge is 2.30. The first kappa shape index (κ1) is 24.1. The molecule has 5 aromatic rings. The summed E-state index contributed by atoms with van der Waals surface area (Å²) in [6.07, 6.45) is 4.95. The minimum Gasteiger partial charge on any atom is -0.333 e. The Kier molecular flexibility index (Phi) is 5.84. The van der Waals surface area contributed by atoms with Crippen LogP contribution < -0.4 is 10.0 Å². The van der Waals surface area contributed by atoms with Gasteiger partial charge in [-0.3, -0.25) is 9.29 Å². The molecule has 0 bridgehead atoms. The normalized spacial score (nSPS) is 16.3. The van der Waals surface area contributed by atoms with E-state index in [1.807, 2.05) is 31.2 Å². The SMILES string of the molecule is C[C@@H]1CCN(S(=O)(=O)Nc2ccc(F)c(Nc3ncnc4cnc(-n5cnc6ccccc65)nc34)c2F)C1. The minimum atomic E-state index is -4.02. The predicted molar refractivity (Wildman–Crippen MR) is 137 cm³/mol. The Morgan fingerprint density at radius 2 is 1.87 bits per heavy atom. The fourth-order valence-electron chi connectivity index (χ4n) is 4.35. The molecular weight excluding hydrogens is 516 g/mol. The number of para-hydroxylation sites is 2. The Morgan fingerprint density at radius 3 is 2.68 bits per heavy atom. The van der Waals surface area contributed by atoms with E-state index < -0.39 is 33.2 Å². The summed E-state index contributed by atoms with van der Waals surface area (Å²) >= 11 is 0. The fraction of sp³-hybridized carbons (Fsp3) is 0.208. The zero-order chi connectivity index (χ0) is 26.4. The standard InChI is InChI=1S/C24H21F2N9O2S/c1-14-8-9-34(11-14)38(36,37)33-17-7-6-15(25)21(20(17)26)31-23-22-18(28-12-29-23)10-27-24(32-22)35-13-30-16-4-2-3-5-19(16)35/h2-7,10,12-14,33H,8-9,11H2,1H3,(H,28,29,31)/t14-/m1/s1. The summed E-state index contributed by atoms with van der Waals surface area (Å²) in [5.41, 5.74) is 1.05. The summed E-state index contributed by atoms with van der Waals surface area (Å²) < 4.78 is 60.9. The van der Waals surface area contributed by atoms with Crippen LogP contribution in [-0.4, -0.2) is 55.3 Å². The Morgan fingerprint density at radius 1 is 1.03 bits per heavy atom. The average molecular weight is 538 g/mol. The molecule has 0 radical (unpaired) electrons. The van der Waals surface area contributed by atoms with E-state index >= 15 is 4.39 Å². The summed E-state index contributed by atoms with van der Waals surface area (Å²) in [7, 11) is -4.02. The molecule has 0 unspecified atom stereocenters. The van der Waals surface area contributed by atoms with Crippen molar-refractivity contribution in [3.05, 3.63) is 66.9 Å². The van der Waals surface area contributed by atoms with Crippen LogP contribution in [0.1, 0.15) is 13.3 Å². The van der Waals surface area contributed by atoms with E-state index in [-0.39, 0.29) is 23.2 Å². The highest BCUT2D eigenvalue weighted by Crippen LogP contribution is 2.31. The molecule has 1 aliphatic rings. The lowest BCUT2D eigenvalue weighted by Gasteiger charge is -2.19. The third-order valence-corrected chi connectivity index (χ3v) is 7.82. The number of imidazole rings is 1. The molecule has 0 aliphatic carbocycles. The molecule has 194 valence electrons. The molecule has 0 spiro atoms. The van der Waals surface area contributed by atoms with Gasteiger partial charge < -0.3 is 5.32 Å². The third kappa shape index (κ3) is 4.26. The topological polar surface area (TPSA) is 131 Å². The van der Waals surface area contributed by atoms with Crippen LogP contribution in [0.5, 0.6) is 0 Å². The Hall–Kier alpha value is -4.30. The summed E-state index contributed by atoms with van der Waals surface area (Å²) in [6, 6.07) is 9.43. The summed E-state index contributed by atoms with van der Waals surface area (Å²) in [6.45, 7) is 2.59. The highest BCUT2D eigenvalue weighted by atomic mass is 32.2. The zero-order valence-corrected chi connectivity index (χ0v) is 20.8. The molecule has 1 saturated heterocycles. The second kappa shape index (κ2) is 9.22. The van der Waals surface area contributed by atoms with Crippen LogP contribution in [-0.2, 0) is 10.2 Å². The highest BCUT2D eigenvalue weighted by molar-refractivity contribution is 7.90. The van der Waals surface area contributed by atoms with E-state index in [0.717, 1.165) is 23.2 Å². The van der Waals surface area contributed by atoms with Crippen molar-refractivity contribution in [2.45, 2.75) is 13.3 Å². The van der Waals surface area contributed by atoms with Crippen LogP contribution in [0.3, 0.4) is 0 Å². The van der Waals surface area contributed by atoms with Gasteiger partial charge in [0.15, 0.2) is 11.6 Å². The lowest BCUT2D eigenvalue weighted by Crippen LogP contribution is -2.34. The molecule has 1 fully saturated rings. The van der Waals surface area contributed by atoms with Crippen LogP contribution in [0.25, 0.3) is 28.0 Å². The molecule has 38 heavy (non-hydrogen) atoms. The van der Waals surface area contributed by atoms with Crippen LogP contribution in [0.15, 0.2) is 55.2 Å². The van der Waals surface area contributed by atoms with Crippen LogP contribution >= 0.6 is 0 Å². The minimum absolute atomic E-state index is 0.00856. The number of hydrogen-bond acceptors (Lipinski definition) is 8. The molecule has 2 N–H and O–H groups in total. The molecule has 11 nitrogen and oxygen atoms in total. The van der Waals surface area contributed by atoms with E-state index in [0.29, 0.717) is 25.0 Å². The molecule has 1 aliphatic heterocycles. The quantitative estimate of drug-likeness (QED) is 0.335. The van der Waals surface area contributed by atoms with Crippen molar-refractivity contribution in [1.82, 2.24) is 33.8 Å². The van der Waals surface area contributed by atoms with Gasteiger partial charge in [-0.1, -0.05) is 19.1 Å². The fourth-order valence-corrected chi connectivity index (χ4v) is 5.71. The lowest BCUT2D eigenvalue weighted by molar-refractivity contribution is 0.468. The molecule has 2 aromatic carbocycles. The number of anilines is 3. The number of rotatable bonds is 6. The summed E-state index contributed by atoms with van der Waals surface area (Å²) in [4.78, 5) is 21.5. The monoisotopic (exact) mass is 537 g/mol. The van der Waals surface area contributed by atoms with Crippen LogP contribution in [0, 0.1) is 17.6 Å². The van der Waals surface area contributed by atoms with E-state index in [1.54, 1.807) is 10.9 Å². The second-order valence-electron chi connectivity index (χ2n) is 9.00. The van der Waals surface area contributed by atoms with Crippen molar-refractivity contribution >= 4 is 49.5 Å². The van der Waals surface area contributed by atoms with Gasteiger partial charge in [-0.15, -0.1) is 0 Å². The molecule has 4 heterocycles. The van der Waals surface area contributed by atoms with Gasteiger partial charge in [0.05, 0.1) is 22.9 Å². The summed E-state index contributed by atoms with van der Waals surface area (Å²) in [5, 5.41) is 2.63. The van der Waals surface area contributed by atoms with Gasteiger partial charge in [-0.05, 0) is 36.6 Å². The van der Waals surface area contributed by atoms with Gasteiger partial charge in [0, 0.05) is 13.1 Å². The van der Waals surface area contributed by atoms with Crippen molar-refractivity contribution < 1.29 is 17.2 Å². The van der Waals surface area contributed by atoms with Gasteiger partial charge in [-0.2, -0.15) is 12.7 Å². The molecule has 0 saturated carbocycles. The number of nitrogens with zero attached hydrogens (tertiary/aromatic N) is 7. The van der Waals surface area contributed by atoms with Crippen molar-refractivity contribution in [3.8, 4) is 5.95 Å². The molecule has 1 atom stereocenters. The van der Waals surface area contributed by atoms with Crippen LogP contribution in [0.2, 0.25) is 0 Å². The third-order valence-electron chi connectivity index (χ3n) is 6.33. The van der Waals surface area contributed by atoms with Crippen molar-refractivity contribution in [2.24, 2.45) is 5.92 Å². The summed E-state index contributed by atoms with van der Waals surface area (Å²) in [5.74, 6) is -1.61. The number of fused-ring (bicyclic) bond motifs is 2. The van der Waals surface area contributed by atoms with Crippen LogP contribution in [0.4, 0.5) is 26.0 Å². The zero-order valence-electron chi connectivity index (χ0n) is 20.0. The van der Waals surface area contributed by atoms with E-state index in [4.69, 9.17) is 0 Å². The Bertz CT molecular complexity index is 1800. The first-order valence-corrected chi connectivity index (χ1v) is 13.2. The number of aromatic nitrogens is 6. The predicted octanol–water partition coefficient (Wildman–Crippen LogP) is 3.78. The van der Waals surface area contributed by atoms with Gasteiger partial charge in [0.25, 0.3) is 0 Å². The first-order chi connectivity index (χ1) is 18.3. The number of benzene rings is 2. The Balaban J connectivity index is 1.37. The number of nitrogens with one attached hydrogen (secondary N) is 2. The van der Waals surface area contributed by atoms with E-state index in [2.05, 4.69) is 35.0 Å². The average Bonchev–Trinajstić information content (AvgIpc) is 3.55. The molecule has 14 heteroatoms. The van der Waals surface area contributed by atoms with E-state index in [1.165, 1.54) is 16.8 Å². The van der Waals surface area contributed by atoms with Gasteiger partial charge in [0.1, 0.15) is 35.2 Å².